The molecule has 1 amide bonds. The zero-order valence-corrected chi connectivity index (χ0v) is 12.3. The van der Waals surface area contributed by atoms with Gasteiger partial charge in [-0.3, -0.25) is 9.69 Å². The minimum atomic E-state index is -0.308. The van der Waals surface area contributed by atoms with E-state index < -0.39 is 0 Å². The van der Waals surface area contributed by atoms with Crippen molar-refractivity contribution in [2.75, 3.05) is 18.4 Å². The molecule has 21 heavy (non-hydrogen) atoms. The number of amides is 1. The molecule has 6 heteroatoms. The Morgan fingerprint density at radius 3 is 2.81 bits per heavy atom. The van der Waals surface area contributed by atoms with Crippen molar-refractivity contribution in [1.82, 2.24) is 9.88 Å². The number of nitrogens with zero attached hydrogens (tertiary/aromatic N) is 2. The van der Waals surface area contributed by atoms with E-state index in [-0.39, 0.29) is 5.91 Å². The molecular formula is C15H16ClN3O2. The maximum atomic E-state index is 12.1. The smallest absolute Gasteiger partial charge is 0.292 e. The summed E-state index contributed by atoms with van der Waals surface area (Å²) in [6.45, 7) is 2.94. The summed E-state index contributed by atoms with van der Waals surface area (Å²) in [5, 5.41) is 3.20. The van der Waals surface area contributed by atoms with Crippen LogP contribution in [0.1, 0.15) is 29.2 Å². The van der Waals surface area contributed by atoms with E-state index in [1.165, 1.54) is 19.0 Å². The van der Waals surface area contributed by atoms with Crippen LogP contribution in [0.5, 0.6) is 0 Å². The number of carbonyl (C=O) groups is 1. The molecule has 0 atom stereocenters. The fourth-order valence-corrected chi connectivity index (χ4v) is 2.49. The molecule has 110 valence electrons. The summed E-state index contributed by atoms with van der Waals surface area (Å²) in [5.41, 5.74) is 0. The largest absolute Gasteiger partial charge is 0.455 e. The molecule has 3 heterocycles. The Kier molecular flexibility index (Phi) is 4.22. The summed E-state index contributed by atoms with van der Waals surface area (Å²) in [7, 11) is 0. The highest BCUT2D eigenvalue weighted by Gasteiger charge is 2.16. The molecule has 0 saturated carbocycles. The van der Waals surface area contributed by atoms with Crippen LogP contribution in [0.4, 0.5) is 5.82 Å². The van der Waals surface area contributed by atoms with Gasteiger partial charge in [-0.25, -0.2) is 4.98 Å². The summed E-state index contributed by atoms with van der Waals surface area (Å²) >= 11 is 5.75. The molecule has 2 aromatic heterocycles. The van der Waals surface area contributed by atoms with Crippen LogP contribution >= 0.6 is 11.6 Å². The van der Waals surface area contributed by atoms with Crippen LogP contribution in [0.25, 0.3) is 0 Å². The molecule has 1 N–H and O–H groups in total. The molecule has 1 aliphatic heterocycles. The fraction of sp³-hybridized carbons (Fsp3) is 0.333. The van der Waals surface area contributed by atoms with Gasteiger partial charge in [-0.05, 0) is 50.2 Å². The molecule has 0 aromatic carbocycles. The minimum absolute atomic E-state index is 0.293. The lowest BCUT2D eigenvalue weighted by molar-refractivity contribution is 0.0993. The third-order valence-corrected chi connectivity index (χ3v) is 3.66. The molecule has 1 fully saturated rings. The van der Waals surface area contributed by atoms with Crippen molar-refractivity contribution in [2.24, 2.45) is 0 Å². The number of furan rings is 1. The predicted octanol–water partition coefficient (Wildman–Crippen LogP) is 3.18. The van der Waals surface area contributed by atoms with Crippen LogP contribution in [0.15, 0.2) is 34.9 Å². The maximum Gasteiger partial charge on any atom is 0.292 e. The van der Waals surface area contributed by atoms with Crippen molar-refractivity contribution in [3.63, 3.8) is 0 Å². The second kappa shape index (κ2) is 6.28. The summed E-state index contributed by atoms with van der Waals surface area (Å²) in [5.74, 6) is 1.24. The third kappa shape index (κ3) is 3.62. The van der Waals surface area contributed by atoms with Crippen LogP contribution in [-0.4, -0.2) is 28.9 Å². The van der Waals surface area contributed by atoms with Gasteiger partial charge in [0.25, 0.3) is 5.91 Å². The number of hydrogen-bond donors (Lipinski definition) is 1. The molecule has 0 bridgehead atoms. The van der Waals surface area contributed by atoms with Gasteiger partial charge in [-0.2, -0.15) is 0 Å². The number of hydrogen-bond acceptors (Lipinski definition) is 4. The molecular weight excluding hydrogens is 290 g/mol. The number of anilines is 1. The van der Waals surface area contributed by atoms with Crippen molar-refractivity contribution in [3.8, 4) is 0 Å². The van der Waals surface area contributed by atoms with Crippen molar-refractivity contribution in [1.29, 1.82) is 0 Å². The molecule has 1 saturated heterocycles. The second-order valence-electron chi connectivity index (χ2n) is 5.06. The lowest BCUT2D eigenvalue weighted by Gasteiger charge is -2.11. The van der Waals surface area contributed by atoms with Crippen LogP contribution in [0, 0.1) is 0 Å². The lowest BCUT2D eigenvalue weighted by Crippen LogP contribution is -2.18. The maximum absolute atomic E-state index is 12.1. The zero-order chi connectivity index (χ0) is 14.7. The Balaban J connectivity index is 1.62. The first-order valence-electron chi connectivity index (χ1n) is 6.95. The van der Waals surface area contributed by atoms with Gasteiger partial charge in [0.15, 0.2) is 5.76 Å². The van der Waals surface area contributed by atoms with Crippen LogP contribution in [0.2, 0.25) is 5.02 Å². The Labute approximate surface area is 127 Å². The van der Waals surface area contributed by atoms with Crippen molar-refractivity contribution in [2.45, 2.75) is 19.4 Å². The van der Waals surface area contributed by atoms with Gasteiger partial charge < -0.3 is 9.73 Å². The average molecular weight is 306 g/mol. The second-order valence-corrected chi connectivity index (χ2v) is 5.50. The third-order valence-electron chi connectivity index (χ3n) is 3.43. The van der Waals surface area contributed by atoms with Crippen molar-refractivity contribution in [3.05, 3.63) is 47.0 Å². The number of aromatic nitrogens is 1. The van der Waals surface area contributed by atoms with Gasteiger partial charge in [-0.1, -0.05) is 11.6 Å². The monoisotopic (exact) mass is 305 g/mol. The number of halogens is 1. The van der Waals surface area contributed by atoms with Crippen molar-refractivity contribution < 1.29 is 9.21 Å². The molecule has 3 rings (SSSR count). The first-order chi connectivity index (χ1) is 10.2. The number of nitrogens with one attached hydrogen (secondary N) is 1. The molecule has 1 aliphatic rings. The highest BCUT2D eigenvalue weighted by Crippen LogP contribution is 2.16. The Bertz CT molecular complexity index is 618. The van der Waals surface area contributed by atoms with E-state index in [4.69, 9.17) is 16.0 Å². The van der Waals surface area contributed by atoms with Gasteiger partial charge in [0.1, 0.15) is 11.6 Å². The molecule has 0 unspecified atom stereocenters. The summed E-state index contributed by atoms with van der Waals surface area (Å²) < 4.78 is 5.60. The topological polar surface area (TPSA) is 58.4 Å². The number of pyridine rings is 1. The Hall–Kier alpha value is -1.85. The van der Waals surface area contributed by atoms with E-state index in [2.05, 4.69) is 15.2 Å². The number of likely N-dealkylation sites (tertiary alicyclic amines) is 1. The van der Waals surface area contributed by atoms with E-state index >= 15 is 0 Å². The summed E-state index contributed by atoms with van der Waals surface area (Å²) in [4.78, 5) is 18.4. The van der Waals surface area contributed by atoms with Gasteiger partial charge in [0, 0.05) is 6.20 Å². The van der Waals surface area contributed by atoms with Crippen LogP contribution in [0.3, 0.4) is 0 Å². The quantitative estimate of drug-likeness (QED) is 0.942. The average Bonchev–Trinajstić information content (AvgIpc) is 3.13. The van der Waals surface area contributed by atoms with Gasteiger partial charge in [0.05, 0.1) is 11.6 Å². The number of carbonyl (C=O) groups excluding carboxylic acids is 1. The lowest BCUT2D eigenvalue weighted by atomic mass is 10.4. The normalized spacial score (nSPS) is 15.3. The minimum Gasteiger partial charge on any atom is -0.455 e. The molecule has 2 aromatic rings. The van der Waals surface area contributed by atoms with E-state index in [0.29, 0.717) is 16.6 Å². The fourth-order valence-electron chi connectivity index (χ4n) is 2.37. The first kappa shape index (κ1) is 14.1. The molecule has 0 radical (unpaired) electrons. The predicted molar refractivity (Wildman–Crippen MR) is 80.4 cm³/mol. The molecule has 5 nitrogen and oxygen atoms in total. The molecule has 0 spiro atoms. The van der Waals surface area contributed by atoms with E-state index in [0.717, 1.165) is 25.4 Å². The van der Waals surface area contributed by atoms with Crippen LogP contribution in [-0.2, 0) is 6.54 Å². The van der Waals surface area contributed by atoms with Gasteiger partial charge in [-0.15, -0.1) is 0 Å². The van der Waals surface area contributed by atoms with E-state index in [1.54, 1.807) is 18.2 Å². The first-order valence-corrected chi connectivity index (χ1v) is 7.32. The standard InChI is InChI=1S/C15H16ClN3O2/c16-11-3-6-14(17-9-11)18-15(20)13-5-4-12(21-13)10-19-7-1-2-8-19/h3-6,9H,1-2,7-8,10H2,(H,17,18,20). The van der Waals surface area contributed by atoms with E-state index in [1.807, 2.05) is 6.07 Å². The van der Waals surface area contributed by atoms with Crippen molar-refractivity contribution >= 4 is 23.3 Å². The number of rotatable bonds is 4. The summed E-state index contributed by atoms with van der Waals surface area (Å²) in [6.07, 6.45) is 3.95. The SMILES string of the molecule is O=C(Nc1ccc(Cl)cn1)c1ccc(CN2CCCC2)o1. The highest BCUT2D eigenvalue weighted by molar-refractivity contribution is 6.30. The van der Waals surface area contributed by atoms with Crippen LogP contribution < -0.4 is 5.32 Å². The van der Waals surface area contributed by atoms with Gasteiger partial charge in [0.2, 0.25) is 0 Å². The van der Waals surface area contributed by atoms with E-state index in [9.17, 15) is 4.79 Å². The Morgan fingerprint density at radius 1 is 1.29 bits per heavy atom. The van der Waals surface area contributed by atoms with Gasteiger partial charge >= 0.3 is 0 Å². The Morgan fingerprint density at radius 2 is 2.10 bits per heavy atom. The zero-order valence-electron chi connectivity index (χ0n) is 11.5. The highest BCUT2D eigenvalue weighted by atomic mass is 35.5. The summed E-state index contributed by atoms with van der Waals surface area (Å²) in [6, 6.07) is 6.86. The molecule has 0 aliphatic carbocycles.